The van der Waals surface area contributed by atoms with Gasteiger partial charge in [-0.3, -0.25) is 4.79 Å². The lowest BCUT2D eigenvalue weighted by molar-refractivity contribution is 0.0991. The Morgan fingerprint density at radius 3 is 2.47 bits per heavy atom. The molecule has 1 N–H and O–H groups in total. The van der Waals surface area contributed by atoms with E-state index in [-0.39, 0.29) is 11.7 Å². The second-order valence-corrected chi connectivity index (χ2v) is 4.21. The van der Waals surface area contributed by atoms with Gasteiger partial charge >= 0.3 is 0 Å². The van der Waals surface area contributed by atoms with Gasteiger partial charge in [-0.25, -0.2) is 0 Å². The second kappa shape index (κ2) is 4.63. The first-order chi connectivity index (χ1) is 8.09. The minimum absolute atomic E-state index is 0.166. The summed E-state index contributed by atoms with van der Waals surface area (Å²) in [5.74, 6) is -0.0181. The fourth-order valence-electron chi connectivity index (χ4n) is 1.42. The van der Waals surface area contributed by atoms with E-state index in [9.17, 15) is 9.90 Å². The molecule has 88 valence electrons. The molecule has 4 nitrogen and oxygen atoms in total. The number of carbonyl (C=O) groups excluding carboxylic acids is 1. The van der Waals surface area contributed by atoms with Crippen LogP contribution in [0.3, 0.4) is 0 Å². The van der Waals surface area contributed by atoms with Crippen molar-refractivity contribution >= 4 is 27.5 Å². The van der Waals surface area contributed by atoms with Crippen LogP contribution in [0.1, 0.15) is 10.4 Å². The van der Waals surface area contributed by atoms with Gasteiger partial charge in [0, 0.05) is 12.7 Å². The summed E-state index contributed by atoms with van der Waals surface area (Å²) in [6, 6.07) is 8.00. The molecule has 0 aliphatic rings. The Morgan fingerprint density at radius 2 is 1.94 bits per heavy atom. The van der Waals surface area contributed by atoms with E-state index < -0.39 is 0 Å². The first-order valence-corrected chi connectivity index (χ1v) is 5.69. The molecular formula is C12H10BrNO3. The molecule has 17 heavy (non-hydrogen) atoms. The van der Waals surface area contributed by atoms with Crippen molar-refractivity contribution in [2.75, 3.05) is 11.9 Å². The van der Waals surface area contributed by atoms with Crippen molar-refractivity contribution in [1.82, 2.24) is 0 Å². The number of hydrogen-bond donors (Lipinski definition) is 1. The van der Waals surface area contributed by atoms with Gasteiger partial charge in [-0.15, -0.1) is 0 Å². The molecule has 1 aromatic heterocycles. The molecule has 0 saturated heterocycles. The summed E-state index contributed by atoms with van der Waals surface area (Å²) < 4.78 is 5.43. The van der Waals surface area contributed by atoms with Crippen LogP contribution in [-0.2, 0) is 0 Å². The zero-order chi connectivity index (χ0) is 12.4. The SMILES string of the molecule is CN(C(=O)c1ccoc1Br)c1ccc(O)cc1. The first-order valence-electron chi connectivity index (χ1n) is 4.89. The highest BCUT2D eigenvalue weighted by molar-refractivity contribution is 9.10. The molecule has 2 rings (SSSR count). The summed E-state index contributed by atoms with van der Waals surface area (Å²) in [4.78, 5) is 13.6. The van der Waals surface area contributed by atoms with Crippen LogP contribution in [0.2, 0.25) is 0 Å². The van der Waals surface area contributed by atoms with Crippen molar-refractivity contribution < 1.29 is 14.3 Å². The molecule has 1 aromatic carbocycles. The molecule has 1 amide bonds. The van der Waals surface area contributed by atoms with Gasteiger partial charge in [0.1, 0.15) is 5.75 Å². The van der Waals surface area contributed by atoms with Crippen LogP contribution in [0, 0.1) is 0 Å². The maximum Gasteiger partial charge on any atom is 0.262 e. The lowest BCUT2D eigenvalue weighted by Crippen LogP contribution is -2.25. The summed E-state index contributed by atoms with van der Waals surface area (Å²) in [6.07, 6.45) is 1.45. The Bertz CT molecular complexity index is 533. The molecule has 0 fully saturated rings. The van der Waals surface area contributed by atoms with E-state index >= 15 is 0 Å². The largest absolute Gasteiger partial charge is 0.508 e. The molecule has 0 radical (unpaired) electrons. The van der Waals surface area contributed by atoms with Gasteiger partial charge in [0.25, 0.3) is 5.91 Å². The van der Waals surface area contributed by atoms with Crippen molar-refractivity contribution in [2.45, 2.75) is 0 Å². The molecule has 0 aliphatic carbocycles. The highest BCUT2D eigenvalue weighted by Gasteiger charge is 2.18. The lowest BCUT2D eigenvalue weighted by atomic mass is 10.2. The molecule has 0 unspecified atom stereocenters. The van der Waals surface area contributed by atoms with Gasteiger partial charge in [0.05, 0.1) is 11.8 Å². The molecule has 2 aromatic rings. The molecule has 0 atom stereocenters. The summed E-state index contributed by atoms with van der Waals surface area (Å²) in [7, 11) is 1.66. The third-order valence-corrected chi connectivity index (χ3v) is 3.00. The number of phenols is 1. The summed E-state index contributed by atoms with van der Waals surface area (Å²) in [5, 5.41) is 9.18. The van der Waals surface area contributed by atoms with Crippen LogP contribution in [0.15, 0.2) is 45.7 Å². The lowest BCUT2D eigenvalue weighted by Gasteiger charge is -2.16. The zero-order valence-corrected chi connectivity index (χ0v) is 10.6. The number of halogens is 1. The maximum atomic E-state index is 12.1. The fourth-order valence-corrected chi connectivity index (χ4v) is 1.83. The molecular weight excluding hydrogens is 286 g/mol. The van der Waals surface area contributed by atoms with Gasteiger partial charge < -0.3 is 14.4 Å². The Labute approximate surface area is 107 Å². The van der Waals surface area contributed by atoms with E-state index in [0.29, 0.717) is 15.9 Å². The smallest absolute Gasteiger partial charge is 0.262 e. The van der Waals surface area contributed by atoms with E-state index in [1.54, 1.807) is 25.2 Å². The maximum absolute atomic E-state index is 12.1. The van der Waals surface area contributed by atoms with Gasteiger partial charge in [0.2, 0.25) is 0 Å². The predicted octanol–water partition coefficient (Wildman–Crippen LogP) is 3.02. The normalized spacial score (nSPS) is 10.2. The molecule has 0 spiro atoms. The Balaban J connectivity index is 2.26. The molecule has 0 saturated carbocycles. The summed E-state index contributed by atoms with van der Waals surface area (Å²) >= 11 is 3.17. The van der Waals surface area contributed by atoms with Crippen molar-refractivity contribution in [2.24, 2.45) is 0 Å². The number of phenolic OH excluding ortho intramolecular Hbond substituents is 1. The quantitative estimate of drug-likeness (QED) is 0.926. The van der Waals surface area contributed by atoms with Crippen LogP contribution in [0.25, 0.3) is 0 Å². The van der Waals surface area contributed by atoms with E-state index in [0.717, 1.165) is 0 Å². The van der Waals surface area contributed by atoms with Crippen molar-refractivity contribution in [3.63, 3.8) is 0 Å². The molecule has 0 aliphatic heterocycles. The van der Waals surface area contributed by atoms with Gasteiger partial charge in [-0.05, 0) is 46.3 Å². The minimum atomic E-state index is -0.184. The van der Waals surface area contributed by atoms with Crippen LogP contribution in [-0.4, -0.2) is 18.1 Å². The second-order valence-electron chi connectivity index (χ2n) is 3.49. The summed E-state index contributed by atoms with van der Waals surface area (Å²) in [6.45, 7) is 0. The highest BCUT2D eigenvalue weighted by atomic mass is 79.9. The third kappa shape index (κ3) is 2.34. The average Bonchev–Trinajstić information content (AvgIpc) is 2.74. The highest BCUT2D eigenvalue weighted by Crippen LogP contribution is 2.23. The number of benzene rings is 1. The number of anilines is 1. The average molecular weight is 296 g/mol. The topological polar surface area (TPSA) is 53.7 Å². The van der Waals surface area contributed by atoms with Crippen LogP contribution >= 0.6 is 15.9 Å². The van der Waals surface area contributed by atoms with Crippen LogP contribution in [0.4, 0.5) is 5.69 Å². The Hall–Kier alpha value is -1.75. The van der Waals surface area contributed by atoms with Crippen molar-refractivity contribution in [3.05, 3.63) is 46.8 Å². The van der Waals surface area contributed by atoms with E-state index in [1.807, 2.05) is 0 Å². The van der Waals surface area contributed by atoms with Gasteiger partial charge in [0.15, 0.2) is 4.67 Å². The standard InChI is InChI=1S/C12H10BrNO3/c1-14(8-2-4-9(15)5-3-8)12(16)10-6-7-17-11(10)13/h2-7,15H,1H3. The summed E-state index contributed by atoms with van der Waals surface area (Å²) in [5.41, 5.74) is 1.15. The number of rotatable bonds is 2. The van der Waals surface area contributed by atoms with E-state index in [4.69, 9.17) is 4.42 Å². The van der Waals surface area contributed by atoms with Crippen LogP contribution < -0.4 is 4.90 Å². The number of aromatic hydroxyl groups is 1. The van der Waals surface area contributed by atoms with Gasteiger partial charge in [-0.2, -0.15) is 0 Å². The van der Waals surface area contributed by atoms with Gasteiger partial charge in [-0.1, -0.05) is 0 Å². The number of furan rings is 1. The van der Waals surface area contributed by atoms with Crippen LogP contribution in [0.5, 0.6) is 5.75 Å². The number of nitrogens with zero attached hydrogens (tertiary/aromatic N) is 1. The Morgan fingerprint density at radius 1 is 1.29 bits per heavy atom. The molecule has 1 heterocycles. The van der Waals surface area contributed by atoms with Crippen molar-refractivity contribution in [1.29, 1.82) is 0 Å². The van der Waals surface area contributed by atoms with E-state index in [2.05, 4.69) is 15.9 Å². The molecule has 0 bridgehead atoms. The minimum Gasteiger partial charge on any atom is -0.508 e. The number of amides is 1. The Kier molecular flexibility index (Phi) is 3.19. The number of carbonyl (C=O) groups is 1. The number of hydrogen-bond acceptors (Lipinski definition) is 3. The molecule has 5 heteroatoms. The first kappa shape index (κ1) is 11.7. The zero-order valence-electron chi connectivity index (χ0n) is 9.05. The van der Waals surface area contributed by atoms with E-state index in [1.165, 1.54) is 23.3 Å². The van der Waals surface area contributed by atoms with Crippen molar-refractivity contribution in [3.8, 4) is 5.75 Å². The monoisotopic (exact) mass is 295 g/mol. The third-order valence-electron chi connectivity index (χ3n) is 2.39. The predicted molar refractivity (Wildman–Crippen MR) is 67.2 cm³/mol. The fraction of sp³-hybridized carbons (Fsp3) is 0.0833.